The molecule has 10 nitrogen and oxygen atoms in total. The minimum atomic E-state index is -0.715. The van der Waals surface area contributed by atoms with Gasteiger partial charge in [0.2, 0.25) is 0 Å². The molecule has 198 valence electrons. The fourth-order valence-electron chi connectivity index (χ4n) is 6.91. The van der Waals surface area contributed by atoms with Crippen LogP contribution in [-0.4, -0.2) is 53.2 Å². The van der Waals surface area contributed by atoms with E-state index in [0.717, 1.165) is 37.8 Å². The zero-order valence-electron chi connectivity index (χ0n) is 21.9. The summed E-state index contributed by atoms with van der Waals surface area (Å²) in [5.74, 6) is 1.32. The van der Waals surface area contributed by atoms with Gasteiger partial charge in [-0.05, 0) is 75.7 Å². The van der Waals surface area contributed by atoms with Crippen LogP contribution in [0.25, 0.3) is 6.20 Å². The number of carbonyl (C=O) groups is 3. The summed E-state index contributed by atoms with van der Waals surface area (Å²) in [5, 5.41) is 10.6. The van der Waals surface area contributed by atoms with Crippen LogP contribution in [-0.2, 0) is 9.47 Å². The average Bonchev–Trinajstić information content (AvgIpc) is 3.23. The highest BCUT2D eigenvalue weighted by Gasteiger charge is 2.56. The van der Waals surface area contributed by atoms with E-state index < -0.39 is 17.7 Å². The zero-order valence-corrected chi connectivity index (χ0v) is 21.9. The number of alkyl carbamates (subject to hydrolysis) is 1. The summed E-state index contributed by atoms with van der Waals surface area (Å²) < 4.78 is 11.6. The van der Waals surface area contributed by atoms with Crippen LogP contribution < -0.4 is 16.4 Å². The van der Waals surface area contributed by atoms with E-state index in [-0.39, 0.29) is 23.3 Å². The molecule has 4 bridgehead atoms. The third kappa shape index (κ3) is 5.37. The summed E-state index contributed by atoms with van der Waals surface area (Å²) in [4.78, 5) is 36.3. The summed E-state index contributed by atoms with van der Waals surface area (Å²) in [5.41, 5.74) is 5.95. The van der Waals surface area contributed by atoms with E-state index >= 15 is 0 Å². The van der Waals surface area contributed by atoms with E-state index in [2.05, 4.69) is 15.7 Å². The molecule has 0 radical (unpaired) electrons. The number of primary amides is 1. The number of hydrogen-bond acceptors (Lipinski definition) is 6. The van der Waals surface area contributed by atoms with Crippen molar-refractivity contribution < 1.29 is 23.9 Å². The highest BCUT2D eigenvalue weighted by atomic mass is 16.5. The molecule has 1 aromatic heterocycles. The number of hydrogen-bond donors (Lipinski definition) is 3. The first-order valence-corrected chi connectivity index (χ1v) is 12.8. The van der Waals surface area contributed by atoms with Crippen LogP contribution in [0.15, 0.2) is 12.3 Å². The molecule has 5 rings (SSSR count). The van der Waals surface area contributed by atoms with Crippen LogP contribution >= 0.6 is 0 Å². The Morgan fingerprint density at radius 2 is 1.92 bits per heavy atom. The van der Waals surface area contributed by atoms with Gasteiger partial charge in [0.1, 0.15) is 0 Å². The maximum atomic E-state index is 13.5. The van der Waals surface area contributed by atoms with E-state index in [1.165, 1.54) is 7.11 Å². The lowest BCUT2D eigenvalue weighted by Gasteiger charge is -2.59. The zero-order chi connectivity index (χ0) is 26.3. The summed E-state index contributed by atoms with van der Waals surface area (Å²) in [7, 11) is 1.32. The number of carbonyl (C=O) groups excluding carboxylic acids is 3. The summed E-state index contributed by atoms with van der Waals surface area (Å²) in [6.45, 7) is 8.13. The SMILES string of the molecule is COC(=O)NC(C)(C)C=Cn1ncc(C(=O)NC2C3CC4CC2CC(COC(N)=O)(C4)C3)c1C(C)C. The molecule has 1 aromatic rings. The predicted octanol–water partition coefficient (Wildman–Crippen LogP) is 3.63. The number of ether oxygens (including phenoxy) is 2. The van der Waals surface area contributed by atoms with E-state index in [1.807, 2.05) is 33.8 Å². The van der Waals surface area contributed by atoms with Gasteiger partial charge < -0.3 is 25.8 Å². The molecule has 4 aliphatic carbocycles. The van der Waals surface area contributed by atoms with Crippen molar-refractivity contribution in [1.82, 2.24) is 20.4 Å². The number of methoxy groups -OCH3 is 1. The van der Waals surface area contributed by atoms with Crippen LogP contribution in [0.2, 0.25) is 0 Å². The van der Waals surface area contributed by atoms with Gasteiger partial charge in [-0.25, -0.2) is 14.3 Å². The second-order valence-corrected chi connectivity index (χ2v) is 11.8. The fraction of sp³-hybridized carbons (Fsp3) is 0.692. The smallest absolute Gasteiger partial charge is 0.407 e. The van der Waals surface area contributed by atoms with Crippen LogP contribution in [0.1, 0.15) is 81.8 Å². The number of amides is 3. The van der Waals surface area contributed by atoms with E-state index in [9.17, 15) is 14.4 Å². The second kappa shape index (κ2) is 9.78. The fourth-order valence-corrected chi connectivity index (χ4v) is 6.91. The first-order chi connectivity index (χ1) is 16.9. The Balaban J connectivity index is 1.48. The topological polar surface area (TPSA) is 138 Å². The molecular formula is C26H39N5O5. The molecule has 36 heavy (non-hydrogen) atoms. The van der Waals surface area contributed by atoms with Crippen molar-refractivity contribution in [3.63, 3.8) is 0 Å². The lowest BCUT2D eigenvalue weighted by molar-refractivity contribution is -0.0977. The van der Waals surface area contributed by atoms with Crippen LogP contribution in [0.5, 0.6) is 0 Å². The normalized spacial score (nSPS) is 28.9. The number of aromatic nitrogens is 2. The number of nitrogens with one attached hydrogen (secondary N) is 2. The number of nitrogens with two attached hydrogens (primary N) is 1. The molecule has 4 fully saturated rings. The van der Waals surface area contributed by atoms with Crippen LogP contribution in [0.3, 0.4) is 0 Å². The maximum absolute atomic E-state index is 13.5. The summed E-state index contributed by atoms with van der Waals surface area (Å²) >= 11 is 0. The Labute approximate surface area is 212 Å². The predicted molar refractivity (Wildman–Crippen MR) is 134 cm³/mol. The van der Waals surface area contributed by atoms with Crippen molar-refractivity contribution in [1.29, 1.82) is 0 Å². The number of nitrogens with zero attached hydrogens (tertiary/aromatic N) is 2. The van der Waals surface area contributed by atoms with E-state index in [4.69, 9.17) is 15.2 Å². The van der Waals surface area contributed by atoms with Gasteiger partial charge >= 0.3 is 12.2 Å². The van der Waals surface area contributed by atoms with Crippen molar-refractivity contribution in [3.8, 4) is 0 Å². The Morgan fingerprint density at radius 1 is 1.25 bits per heavy atom. The Kier molecular flexibility index (Phi) is 7.07. The largest absolute Gasteiger partial charge is 0.453 e. The average molecular weight is 502 g/mol. The summed E-state index contributed by atoms with van der Waals surface area (Å²) in [6.07, 6.45) is 9.13. The molecule has 2 atom stereocenters. The Hall–Kier alpha value is -3.04. The van der Waals surface area contributed by atoms with Crippen LogP contribution in [0.4, 0.5) is 9.59 Å². The third-order valence-electron chi connectivity index (χ3n) is 8.09. The highest BCUT2D eigenvalue weighted by Crippen LogP contribution is 2.60. The van der Waals surface area contributed by atoms with Gasteiger partial charge in [0.05, 0.1) is 36.7 Å². The molecule has 0 saturated heterocycles. The van der Waals surface area contributed by atoms with E-state index in [0.29, 0.717) is 29.9 Å². The standard InChI is InChI=1S/C26H39N5O5/c1-15(2)21-19(13-28-31(21)7-6-25(3,4)30-24(34)35-5)22(32)29-20-17-8-16-9-18(20)12-26(10-16,11-17)14-36-23(27)33/h6-7,13,15-18,20H,8-12,14H2,1-5H3,(H2,27,33)(H,29,32)(H,30,34). The maximum Gasteiger partial charge on any atom is 0.407 e. The van der Waals surface area contributed by atoms with Gasteiger partial charge in [-0.15, -0.1) is 0 Å². The molecule has 4 aliphatic rings. The first kappa shape index (κ1) is 26.0. The molecule has 0 aromatic carbocycles. The molecule has 4 N–H and O–H groups in total. The lowest BCUT2D eigenvalue weighted by Crippen LogP contribution is -2.60. The van der Waals surface area contributed by atoms with Gasteiger partial charge in [-0.2, -0.15) is 5.10 Å². The van der Waals surface area contributed by atoms with Gasteiger partial charge in [-0.1, -0.05) is 13.8 Å². The first-order valence-electron chi connectivity index (χ1n) is 12.8. The van der Waals surface area contributed by atoms with Crippen molar-refractivity contribution >= 4 is 24.3 Å². The minimum absolute atomic E-state index is 0.00341. The molecular weight excluding hydrogens is 462 g/mol. The van der Waals surface area contributed by atoms with Crippen molar-refractivity contribution in [2.75, 3.05) is 13.7 Å². The van der Waals surface area contributed by atoms with Gasteiger partial charge in [0, 0.05) is 17.7 Å². The number of rotatable bonds is 8. The van der Waals surface area contributed by atoms with Crippen LogP contribution in [0, 0.1) is 23.2 Å². The Bertz CT molecular complexity index is 1030. The molecule has 3 amide bonds. The molecule has 10 heteroatoms. The third-order valence-corrected chi connectivity index (χ3v) is 8.09. The van der Waals surface area contributed by atoms with E-state index in [1.54, 1.807) is 17.1 Å². The minimum Gasteiger partial charge on any atom is -0.453 e. The molecule has 0 aliphatic heterocycles. The van der Waals surface area contributed by atoms with Gasteiger partial charge in [0.25, 0.3) is 5.91 Å². The van der Waals surface area contributed by atoms with Crippen molar-refractivity contribution in [2.45, 2.75) is 77.3 Å². The molecule has 0 spiro atoms. The summed E-state index contributed by atoms with van der Waals surface area (Å²) in [6, 6.07) is 0.109. The van der Waals surface area contributed by atoms with Crippen molar-refractivity contribution in [3.05, 3.63) is 23.5 Å². The highest BCUT2D eigenvalue weighted by molar-refractivity contribution is 5.95. The van der Waals surface area contributed by atoms with Crippen molar-refractivity contribution in [2.24, 2.45) is 28.9 Å². The van der Waals surface area contributed by atoms with Gasteiger partial charge in [-0.3, -0.25) is 4.79 Å². The second-order valence-electron chi connectivity index (χ2n) is 11.8. The monoisotopic (exact) mass is 501 g/mol. The molecule has 2 unspecified atom stereocenters. The molecule has 4 saturated carbocycles. The quantitative estimate of drug-likeness (QED) is 0.497. The Morgan fingerprint density at radius 3 is 2.50 bits per heavy atom. The lowest BCUT2D eigenvalue weighted by atomic mass is 9.48. The van der Waals surface area contributed by atoms with Gasteiger partial charge in [0.15, 0.2) is 0 Å². The molecule has 1 heterocycles.